The number of carbonyl (C=O) groups is 1. The third kappa shape index (κ3) is 3.20. The van der Waals surface area contributed by atoms with Gasteiger partial charge in [0.25, 0.3) is 5.91 Å². The standard InChI is InChI=1S/C19H25FN4O/c20-17-9-12(1-4-15(17)16-5-7-22-11-18(16)21)19(25)24-8-6-13-2-3-14(24)10-23-13/h1,4,9,11,13-14,16,18,23H,2-3,5-8,10,21H2. The topological polar surface area (TPSA) is 70.7 Å². The van der Waals surface area contributed by atoms with Gasteiger partial charge in [0.1, 0.15) is 5.82 Å². The number of fused-ring (bicyclic) bond motifs is 4. The summed E-state index contributed by atoms with van der Waals surface area (Å²) in [6, 6.07) is 5.35. The summed E-state index contributed by atoms with van der Waals surface area (Å²) in [5.41, 5.74) is 7.08. The molecule has 3 N–H and O–H groups in total. The van der Waals surface area contributed by atoms with E-state index < -0.39 is 0 Å². The molecule has 1 aromatic rings. The van der Waals surface area contributed by atoms with Gasteiger partial charge in [-0.05, 0) is 43.4 Å². The van der Waals surface area contributed by atoms with Crippen LogP contribution in [0, 0.1) is 5.82 Å². The van der Waals surface area contributed by atoms with Crippen molar-refractivity contribution in [3.8, 4) is 0 Å². The van der Waals surface area contributed by atoms with Crippen molar-refractivity contribution in [3.63, 3.8) is 0 Å². The Hall–Kier alpha value is -1.79. The van der Waals surface area contributed by atoms with E-state index in [1.165, 1.54) is 6.07 Å². The molecule has 0 aliphatic carbocycles. The first-order valence-electron chi connectivity index (χ1n) is 9.23. The minimum Gasteiger partial charge on any atom is -0.334 e. The van der Waals surface area contributed by atoms with Gasteiger partial charge < -0.3 is 16.0 Å². The molecule has 1 aromatic carbocycles. The number of nitrogens with zero attached hydrogens (tertiary/aromatic N) is 2. The molecule has 25 heavy (non-hydrogen) atoms. The summed E-state index contributed by atoms with van der Waals surface area (Å²) >= 11 is 0. The zero-order chi connectivity index (χ0) is 17.4. The first kappa shape index (κ1) is 16.7. The molecule has 4 atom stereocenters. The van der Waals surface area contributed by atoms with Crippen LogP contribution >= 0.6 is 0 Å². The van der Waals surface area contributed by atoms with Gasteiger partial charge in [0.2, 0.25) is 0 Å². The van der Waals surface area contributed by atoms with Crippen LogP contribution in [0.3, 0.4) is 0 Å². The van der Waals surface area contributed by atoms with E-state index in [1.807, 2.05) is 4.90 Å². The molecule has 4 aliphatic rings. The third-order valence-electron chi connectivity index (χ3n) is 5.87. The predicted molar refractivity (Wildman–Crippen MR) is 95.6 cm³/mol. The Morgan fingerprint density at radius 1 is 1.28 bits per heavy atom. The Kier molecular flexibility index (Phi) is 4.56. The lowest BCUT2D eigenvalue weighted by Crippen LogP contribution is -2.46. The summed E-state index contributed by atoms with van der Waals surface area (Å²) in [6.07, 6.45) is 5.55. The van der Waals surface area contributed by atoms with Crippen molar-refractivity contribution in [1.29, 1.82) is 0 Å². The number of nitrogens with one attached hydrogen (secondary N) is 1. The van der Waals surface area contributed by atoms with Gasteiger partial charge in [-0.3, -0.25) is 9.79 Å². The average molecular weight is 344 g/mol. The lowest BCUT2D eigenvalue weighted by Gasteiger charge is -2.31. The molecule has 134 valence electrons. The highest BCUT2D eigenvalue weighted by molar-refractivity contribution is 5.94. The highest BCUT2D eigenvalue weighted by Crippen LogP contribution is 2.29. The first-order valence-corrected chi connectivity index (χ1v) is 9.23. The molecule has 0 saturated carbocycles. The van der Waals surface area contributed by atoms with Crippen LogP contribution in [0.15, 0.2) is 23.2 Å². The molecule has 5 rings (SSSR count). The van der Waals surface area contributed by atoms with Crippen LogP contribution in [0.5, 0.6) is 0 Å². The number of hydrogen-bond acceptors (Lipinski definition) is 4. The fourth-order valence-corrected chi connectivity index (χ4v) is 4.35. The van der Waals surface area contributed by atoms with E-state index in [-0.39, 0.29) is 29.7 Å². The smallest absolute Gasteiger partial charge is 0.254 e. The van der Waals surface area contributed by atoms with Gasteiger partial charge in [-0.25, -0.2) is 4.39 Å². The molecule has 0 aromatic heterocycles. The Labute approximate surface area is 147 Å². The maximum absolute atomic E-state index is 14.7. The van der Waals surface area contributed by atoms with Gasteiger partial charge in [-0.2, -0.15) is 0 Å². The zero-order valence-corrected chi connectivity index (χ0v) is 14.3. The third-order valence-corrected chi connectivity index (χ3v) is 5.87. The van der Waals surface area contributed by atoms with Crippen LogP contribution in [0.25, 0.3) is 0 Å². The molecule has 4 heterocycles. The number of hydrogen-bond donors (Lipinski definition) is 2. The van der Waals surface area contributed by atoms with E-state index in [1.54, 1.807) is 18.3 Å². The summed E-state index contributed by atoms with van der Waals surface area (Å²) in [6.45, 7) is 2.25. The van der Waals surface area contributed by atoms with Gasteiger partial charge in [-0.15, -0.1) is 0 Å². The number of amides is 1. The monoisotopic (exact) mass is 344 g/mol. The fourth-order valence-electron chi connectivity index (χ4n) is 4.35. The normalized spacial score (nSPS) is 31.8. The molecule has 3 fully saturated rings. The Morgan fingerprint density at radius 3 is 2.88 bits per heavy atom. The number of halogens is 1. The molecule has 0 spiro atoms. The van der Waals surface area contributed by atoms with Gasteiger partial charge >= 0.3 is 0 Å². The summed E-state index contributed by atoms with van der Waals surface area (Å²) in [5, 5.41) is 3.49. The summed E-state index contributed by atoms with van der Waals surface area (Å²) in [4.78, 5) is 19.0. The van der Waals surface area contributed by atoms with Crippen LogP contribution in [-0.4, -0.2) is 54.8 Å². The number of benzene rings is 1. The Balaban J connectivity index is 1.55. The van der Waals surface area contributed by atoms with Crippen molar-refractivity contribution < 1.29 is 9.18 Å². The Morgan fingerprint density at radius 2 is 2.16 bits per heavy atom. The van der Waals surface area contributed by atoms with Crippen molar-refractivity contribution in [2.75, 3.05) is 19.6 Å². The van der Waals surface area contributed by atoms with Crippen LogP contribution in [-0.2, 0) is 0 Å². The highest BCUT2D eigenvalue weighted by atomic mass is 19.1. The van der Waals surface area contributed by atoms with Gasteiger partial charge in [0.05, 0.1) is 0 Å². The quantitative estimate of drug-likeness (QED) is 0.857. The molecule has 1 amide bonds. The van der Waals surface area contributed by atoms with E-state index in [0.717, 1.165) is 38.8 Å². The number of piperidine rings is 1. The molecule has 3 saturated heterocycles. The van der Waals surface area contributed by atoms with Gasteiger partial charge in [0, 0.05) is 55.5 Å². The van der Waals surface area contributed by atoms with Gasteiger partial charge in [0.15, 0.2) is 0 Å². The van der Waals surface area contributed by atoms with E-state index in [2.05, 4.69) is 10.3 Å². The number of rotatable bonds is 2. The molecule has 2 bridgehead atoms. The fraction of sp³-hybridized carbons (Fsp3) is 0.579. The second kappa shape index (κ2) is 6.84. The lowest BCUT2D eigenvalue weighted by atomic mass is 9.87. The molecule has 5 nitrogen and oxygen atoms in total. The lowest BCUT2D eigenvalue weighted by molar-refractivity contribution is 0.0687. The second-order valence-corrected chi connectivity index (χ2v) is 7.39. The van der Waals surface area contributed by atoms with Crippen LogP contribution in [0.4, 0.5) is 4.39 Å². The molecular weight excluding hydrogens is 319 g/mol. The summed E-state index contributed by atoms with van der Waals surface area (Å²) in [5.74, 6) is -0.465. The van der Waals surface area contributed by atoms with E-state index in [9.17, 15) is 9.18 Å². The minimum absolute atomic E-state index is 0.0608. The molecule has 0 radical (unpaired) electrons. The molecule has 4 aliphatic heterocycles. The number of carbonyl (C=O) groups excluding carboxylic acids is 1. The summed E-state index contributed by atoms with van der Waals surface area (Å²) < 4.78 is 14.7. The van der Waals surface area contributed by atoms with Gasteiger partial charge in [-0.1, -0.05) is 6.07 Å². The van der Waals surface area contributed by atoms with Crippen LogP contribution < -0.4 is 11.1 Å². The number of nitrogens with two attached hydrogens (primary N) is 1. The average Bonchev–Trinajstić information content (AvgIpc) is 2.96. The van der Waals surface area contributed by atoms with Crippen molar-refractivity contribution >= 4 is 12.1 Å². The van der Waals surface area contributed by atoms with E-state index in [4.69, 9.17) is 5.73 Å². The second-order valence-electron chi connectivity index (χ2n) is 7.39. The molecule has 4 unspecified atom stereocenters. The molecule has 6 heteroatoms. The largest absolute Gasteiger partial charge is 0.334 e. The molecular formula is C19H25FN4O. The van der Waals surface area contributed by atoms with E-state index >= 15 is 0 Å². The SMILES string of the molecule is NC1C=NCCC1c1ccc(C(=O)N2CCC3CCC2CN3)cc1F. The number of aliphatic imine (C=N–C) groups is 1. The summed E-state index contributed by atoms with van der Waals surface area (Å²) in [7, 11) is 0. The van der Waals surface area contributed by atoms with Crippen LogP contribution in [0.2, 0.25) is 0 Å². The highest BCUT2D eigenvalue weighted by Gasteiger charge is 2.33. The maximum Gasteiger partial charge on any atom is 0.254 e. The van der Waals surface area contributed by atoms with Crippen molar-refractivity contribution in [3.05, 3.63) is 35.1 Å². The minimum atomic E-state index is -0.334. The van der Waals surface area contributed by atoms with Crippen LogP contribution in [0.1, 0.15) is 47.5 Å². The van der Waals surface area contributed by atoms with Crippen molar-refractivity contribution in [2.45, 2.75) is 49.7 Å². The Bertz CT molecular complexity index is 684. The van der Waals surface area contributed by atoms with Crippen molar-refractivity contribution in [1.82, 2.24) is 10.2 Å². The first-order chi connectivity index (χ1) is 12.1. The van der Waals surface area contributed by atoms with Crippen molar-refractivity contribution in [2.24, 2.45) is 10.7 Å². The van der Waals surface area contributed by atoms with E-state index in [0.29, 0.717) is 23.7 Å². The maximum atomic E-state index is 14.7. The predicted octanol–water partition coefficient (Wildman–Crippen LogP) is 1.68. The zero-order valence-electron chi connectivity index (χ0n) is 14.3.